The monoisotopic (exact) mass is 384 g/mol. The normalized spacial score (nSPS) is 17.9. The van der Waals surface area contributed by atoms with Crippen molar-refractivity contribution in [2.75, 3.05) is 25.0 Å². The van der Waals surface area contributed by atoms with Gasteiger partial charge in [-0.1, -0.05) is 29.8 Å². The fourth-order valence-corrected chi connectivity index (χ4v) is 4.95. The number of hydrogen-bond donors (Lipinski definition) is 2. The number of fused-ring (bicyclic) bond motifs is 1. The molecule has 3 aromatic rings. The molecule has 1 unspecified atom stereocenters. The van der Waals surface area contributed by atoms with Gasteiger partial charge in [-0.15, -0.1) is 0 Å². The van der Waals surface area contributed by atoms with E-state index in [0.29, 0.717) is 29.4 Å². The number of aromatic nitrogens is 2. The fraction of sp³-hybridized carbons (Fsp3) is 0.350. The van der Waals surface area contributed by atoms with Crippen molar-refractivity contribution in [2.45, 2.75) is 24.7 Å². The molecular weight excluding hydrogens is 360 g/mol. The summed E-state index contributed by atoms with van der Waals surface area (Å²) in [4.78, 5) is 4.82. The summed E-state index contributed by atoms with van der Waals surface area (Å²) in [5.41, 5.74) is 2.27. The molecule has 0 radical (unpaired) electrons. The van der Waals surface area contributed by atoms with Gasteiger partial charge in [0.15, 0.2) is 0 Å². The van der Waals surface area contributed by atoms with Gasteiger partial charge in [0.1, 0.15) is 0 Å². The third-order valence-electron chi connectivity index (χ3n) is 5.03. The standard InChI is InChI=1S/C20H24N4O2S/c1-15-8-10-17(11-9-15)27(25,26)24-19-7-3-2-6-18(19)23-20(24)22-14-16-5-4-12-21-13-16/h2-3,6-11,16,21H,4-5,12-14H2,1H3,(H,22,23). The molecule has 4 rings (SSSR count). The van der Waals surface area contributed by atoms with Gasteiger partial charge in [-0.25, -0.2) is 17.4 Å². The molecule has 0 saturated carbocycles. The van der Waals surface area contributed by atoms with Crippen LogP contribution in [-0.4, -0.2) is 37.0 Å². The van der Waals surface area contributed by atoms with Gasteiger partial charge in [0.25, 0.3) is 10.0 Å². The average Bonchev–Trinajstić information content (AvgIpc) is 3.07. The number of hydrogen-bond acceptors (Lipinski definition) is 5. The summed E-state index contributed by atoms with van der Waals surface area (Å²) in [6.45, 7) is 4.63. The Morgan fingerprint density at radius 3 is 2.70 bits per heavy atom. The zero-order valence-corrected chi connectivity index (χ0v) is 16.2. The maximum absolute atomic E-state index is 13.4. The largest absolute Gasteiger partial charge is 0.354 e. The Morgan fingerprint density at radius 1 is 1.19 bits per heavy atom. The summed E-state index contributed by atoms with van der Waals surface area (Å²) < 4.78 is 28.1. The second-order valence-electron chi connectivity index (χ2n) is 7.10. The second-order valence-corrected chi connectivity index (χ2v) is 8.89. The number of aryl methyl sites for hydroxylation is 1. The predicted octanol–water partition coefficient (Wildman–Crippen LogP) is 2.99. The van der Waals surface area contributed by atoms with Crippen molar-refractivity contribution in [3.05, 3.63) is 54.1 Å². The molecule has 1 fully saturated rings. The van der Waals surface area contributed by atoms with Crippen molar-refractivity contribution in [1.29, 1.82) is 0 Å². The minimum atomic E-state index is -3.75. The highest BCUT2D eigenvalue weighted by molar-refractivity contribution is 7.90. The van der Waals surface area contributed by atoms with E-state index in [9.17, 15) is 8.42 Å². The minimum absolute atomic E-state index is 0.263. The first-order chi connectivity index (χ1) is 13.1. The molecule has 1 saturated heterocycles. The van der Waals surface area contributed by atoms with Crippen LogP contribution in [0, 0.1) is 12.8 Å². The predicted molar refractivity (Wildman–Crippen MR) is 108 cm³/mol. The van der Waals surface area contributed by atoms with E-state index in [2.05, 4.69) is 15.6 Å². The molecule has 0 aliphatic carbocycles. The zero-order chi connectivity index (χ0) is 18.9. The molecule has 0 bridgehead atoms. The minimum Gasteiger partial charge on any atom is -0.354 e. The molecule has 1 aliphatic rings. The number of imidazole rings is 1. The number of anilines is 1. The van der Waals surface area contributed by atoms with Crippen molar-refractivity contribution >= 4 is 27.0 Å². The molecule has 1 atom stereocenters. The van der Waals surface area contributed by atoms with Crippen LogP contribution in [0.4, 0.5) is 5.95 Å². The highest BCUT2D eigenvalue weighted by Crippen LogP contribution is 2.26. The van der Waals surface area contributed by atoms with Gasteiger partial charge >= 0.3 is 0 Å². The van der Waals surface area contributed by atoms with E-state index in [0.717, 1.165) is 31.5 Å². The van der Waals surface area contributed by atoms with Gasteiger partial charge in [0.05, 0.1) is 15.9 Å². The highest BCUT2D eigenvalue weighted by atomic mass is 32.2. The molecule has 6 nitrogen and oxygen atoms in total. The number of nitrogens with one attached hydrogen (secondary N) is 2. The first-order valence-corrected chi connectivity index (χ1v) is 10.7. The van der Waals surface area contributed by atoms with E-state index in [4.69, 9.17) is 0 Å². The van der Waals surface area contributed by atoms with Crippen LogP contribution in [0.25, 0.3) is 11.0 Å². The van der Waals surface area contributed by atoms with E-state index < -0.39 is 10.0 Å². The lowest BCUT2D eigenvalue weighted by Gasteiger charge is -2.23. The summed E-state index contributed by atoms with van der Waals surface area (Å²) in [7, 11) is -3.75. The van der Waals surface area contributed by atoms with Crippen LogP contribution in [0.2, 0.25) is 0 Å². The Kier molecular flexibility index (Phi) is 4.88. The molecule has 142 valence electrons. The Morgan fingerprint density at radius 2 is 1.96 bits per heavy atom. The lowest BCUT2D eigenvalue weighted by molar-refractivity contribution is 0.392. The van der Waals surface area contributed by atoms with E-state index in [1.807, 2.05) is 37.3 Å². The molecule has 0 spiro atoms. The molecule has 7 heteroatoms. The maximum Gasteiger partial charge on any atom is 0.271 e. The second kappa shape index (κ2) is 7.32. The van der Waals surface area contributed by atoms with Gasteiger partial charge in [0, 0.05) is 6.54 Å². The summed E-state index contributed by atoms with van der Waals surface area (Å²) in [6.07, 6.45) is 2.27. The number of piperidine rings is 1. The van der Waals surface area contributed by atoms with Crippen LogP contribution < -0.4 is 10.6 Å². The van der Waals surface area contributed by atoms with E-state index >= 15 is 0 Å². The third-order valence-corrected chi connectivity index (χ3v) is 6.74. The molecule has 1 aromatic heterocycles. The molecular formula is C20H24N4O2S. The molecule has 1 aliphatic heterocycles. The summed E-state index contributed by atoms with van der Waals surface area (Å²) in [6, 6.07) is 14.3. The smallest absolute Gasteiger partial charge is 0.271 e. The van der Waals surface area contributed by atoms with Crippen LogP contribution in [0.5, 0.6) is 0 Å². The lowest BCUT2D eigenvalue weighted by atomic mass is 10.00. The first-order valence-electron chi connectivity index (χ1n) is 9.30. The zero-order valence-electron chi connectivity index (χ0n) is 15.4. The van der Waals surface area contributed by atoms with Crippen LogP contribution in [0.15, 0.2) is 53.4 Å². The summed E-state index contributed by atoms with van der Waals surface area (Å²) >= 11 is 0. The fourth-order valence-electron chi connectivity index (χ4n) is 3.51. The highest BCUT2D eigenvalue weighted by Gasteiger charge is 2.25. The summed E-state index contributed by atoms with van der Waals surface area (Å²) in [5, 5.41) is 6.68. The van der Waals surface area contributed by atoms with Crippen LogP contribution >= 0.6 is 0 Å². The van der Waals surface area contributed by atoms with Gasteiger partial charge in [-0.2, -0.15) is 0 Å². The topological polar surface area (TPSA) is 76.0 Å². The Bertz CT molecular complexity index is 1040. The number of benzene rings is 2. The quantitative estimate of drug-likeness (QED) is 0.707. The van der Waals surface area contributed by atoms with Crippen LogP contribution in [0.1, 0.15) is 18.4 Å². The van der Waals surface area contributed by atoms with Crippen molar-refractivity contribution in [1.82, 2.24) is 14.3 Å². The van der Waals surface area contributed by atoms with Crippen molar-refractivity contribution in [3.8, 4) is 0 Å². The summed E-state index contributed by atoms with van der Waals surface area (Å²) in [5.74, 6) is 0.844. The molecule has 27 heavy (non-hydrogen) atoms. The number of rotatable bonds is 5. The lowest BCUT2D eigenvalue weighted by Crippen LogP contribution is -2.34. The number of nitrogens with zero attached hydrogens (tertiary/aromatic N) is 2. The molecule has 2 N–H and O–H groups in total. The molecule has 2 heterocycles. The van der Waals surface area contributed by atoms with Crippen LogP contribution in [-0.2, 0) is 10.0 Å². The van der Waals surface area contributed by atoms with Gasteiger partial charge in [0.2, 0.25) is 5.95 Å². The Balaban J connectivity index is 1.74. The van der Waals surface area contributed by atoms with Crippen LogP contribution in [0.3, 0.4) is 0 Å². The van der Waals surface area contributed by atoms with E-state index in [-0.39, 0.29) is 4.90 Å². The van der Waals surface area contributed by atoms with Gasteiger partial charge < -0.3 is 10.6 Å². The maximum atomic E-state index is 13.4. The SMILES string of the molecule is Cc1ccc(S(=O)(=O)n2c(NCC3CCCNC3)nc3ccccc32)cc1. The average molecular weight is 385 g/mol. The van der Waals surface area contributed by atoms with E-state index in [1.54, 1.807) is 18.2 Å². The number of para-hydroxylation sites is 2. The first kappa shape index (κ1) is 18.0. The van der Waals surface area contributed by atoms with E-state index in [1.165, 1.54) is 3.97 Å². The van der Waals surface area contributed by atoms with Gasteiger partial charge in [-0.05, 0) is 63.0 Å². The molecule has 2 aromatic carbocycles. The third kappa shape index (κ3) is 3.57. The van der Waals surface area contributed by atoms with Crippen molar-refractivity contribution < 1.29 is 8.42 Å². The van der Waals surface area contributed by atoms with Crippen molar-refractivity contribution in [3.63, 3.8) is 0 Å². The Labute approximate surface area is 159 Å². The molecule has 0 amide bonds. The van der Waals surface area contributed by atoms with Gasteiger partial charge in [-0.3, -0.25) is 0 Å². The Hall–Kier alpha value is -2.38. The van der Waals surface area contributed by atoms with Crippen molar-refractivity contribution in [2.24, 2.45) is 5.92 Å².